The van der Waals surface area contributed by atoms with Crippen LogP contribution in [-0.2, 0) is 30.4 Å². The fourth-order valence-corrected chi connectivity index (χ4v) is 6.61. The fraction of sp³-hybridized carbons (Fsp3) is 0.526. The van der Waals surface area contributed by atoms with Crippen molar-refractivity contribution >= 4 is 21.6 Å². The molecular formula is C38H48N2O7S. The minimum absolute atomic E-state index is 0.141. The SMILES string of the molecule is CC(=O)C[C@@H](C)c1ccc(OC2CN(c3ccc(OCC4CC4)cc3)C2)cn1.CS(=O)(=O)OC1CC(c2ccc(COC3CC3)cc2)C1. The lowest BCUT2D eigenvalue weighted by molar-refractivity contribution is -0.117. The number of anilines is 1. The Labute approximate surface area is 285 Å². The second-order valence-electron chi connectivity index (χ2n) is 14.0. The topological polar surface area (TPSA) is 104 Å². The zero-order valence-electron chi connectivity index (χ0n) is 28.3. The van der Waals surface area contributed by atoms with Gasteiger partial charge < -0.3 is 23.9 Å². The molecule has 48 heavy (non-hydrogen) atoms. The Bertz CT molecular complexity index is 1590. The second-order valence-corrected chi connectivity index (χ2v) is 15.6. The van der Waals surface area contributed by atoms with Crippen molar-refractivity contribution < 1.29 is 31.6 Å². The predicted molar refractivity (Wildman–Crippen MR) is 185 cm³/mol. The summed E-state index contributed by atoms with van der Waals surface area (Å²) < 4.78 is 44.5. The lowest BCUT2D eigenvalue weighted by Gasteiger charge is -2.40. The van der Waals surface area contributed by atoms with E-state index < -0.39 is 10.1 Å². The van der Waals surface area contributed by atoms with E-state index >= 15 is 0 Å². The molecule has 1 aliphatic heterocycles. The number of hydrogen-bond acceptors (Lipinski definition) is 9. The number of carbonyl (C=O) groups is 1. The van der Waals surface area contributed by atoms with E-state index in [9.17, 15) is 13.2 Å². The molecule has 3 aliphatic carbocycles. The van der Waals surface area contributed by atoms with E-state index in [0.717, 1.165) is 61.9 Å². The number of benzene rings is 2. The maximum absolute atomic E-state index is 11.3. The molecule has 258 valence electrons. The zero-order chi connectivity index (χ0) is 33.7. The van der Waals surface area contributed by atoms with Gasteiger partial charge in [-0.3, -0.25) is 9.17 Å². The third kappa shape index (κ3) is 10.5. The maximum atomic E-state index is 11.3. The summed E-state index contributed by atoms with van der Waals surface area (Å²) in [5.41, 5.74) is 4.59. The van der Waals surface area contributed by atoms with E-state index in [0.29, 0.717) is 25.0 Å². The molecule has 7 rings (SSSR count). The number of Topliss-reactive ketones (excluding diaryl/α,β-unsaturated/α-hetero) is 1. The lowest BCUT2D eigenvalue weighted by atomic mass is 9.77. The first kappa shape index (κ1) is 34.4. The summed E-state index contributed by atoms with van der Waals surface area (Å²) >= 11 is 0. The van der Waals surface area contributed by atoms with Crippen molar-refractivity contribution in [3.8, 4) is 11.5 Å². The van der Waals surface area contributed by atoms with Crippen LogP contribution in [0.1, 0.15) is 87.4 Å². The fourth-order valence-electron chi connectivity index (χ4n) is 5.95. The van der Waals surface area contributed by atoms with Gasteiger partial charge in [0.2, 0.25) is 0 Å². The Hall–Kier alpha value is -3.47. The van der Waals surface area contributed by atoms with Gasteiger partial charge in [-0.1, -0.05) is 31.2 Å². The molecule has 0 bridgehead atoms. The summed E-state index contributed by atoms with van der Waals surface area (Å²) in [7, 11) is -3.32. The molecule has 2 heterocycles. The van der Waals surface area contributed by atoms with E-state index in [1.165, 1.54) is 42.5 Å². The monoisotopic (exact) mass is 676 g/mol. The molecule has 0 spiro atoms. The number of hydrogen-bond donors (Lipinski definition) is 0. The minimum atomic E-state index is -3.32. The van der Waals surface area contributed by atoms with E-state index in [1.807, 2.05) is 19.1 Å². The van der Waals surface area contributed by atoms with Crippen LogP contribution in [0.5, 0.6) is 11.5 Å². The molecule has 0 N–H and O–H groups in total. The summed E-state index contributed by atoms with van der Waals surface area (Å²) in [4.78, 5) is 18.0. The number of rotatable bonds is 15. The number of nitrogens with zero attached hydrogens (tertiary/aromatic N) is 2. The summed E-state index contributed by atoms with van der Waals surface area (Å²) in [6, 6.07) is 20.7. The smallest absolute Gasteiger partial charge is 0.264 e. The van der Waals surface area contributed by atoms with Crippen molar-refractivity contribution in [1.82, 2.24) is 4.98 Å². The average molecular weight is 677 g/mol. The van der Waals surface area contributed by atoms with E-state index in [2.05, 4.69) is 58.4 Å². The van der Waals surface area contributed by atoms with Crippen LogP contribution in [-0.4, -0.2) is 63.4 Å². The van der Waals surface area contributed by atoms with Crippen LogP contribution in [0, 0.1) is 5.92 Å². The molecule has 3 aromatic rings. The van der Waals surface area contributed by atoms with Crippen molar-refractivity contribution in [3.63, 3.8) is 0 Å². The lowest BCUT2D eigenvalue weighted by Crippen LogP contribution is -2.54. The van der Waals surface area contributed by atoms with Crippen molar-refractivity contribution in [2.45, 2.75) is 95.5 Å². The Morgan fingerprint density at radius 2 is 1.58 bits per heavy atom. The average Bonchev–Trinajstić information content (AvgIpc) is 3.95. The summed E-state index contributed by atoms with van der Waals surface area (Å²) in [6.07, 6.45) is 10.5. The van der Waals surface area contributed by atoms with Gasteiger partial charge >= 0.3 is 0 Å². The van der Waals surface area contributed by atoms with Crippen LogP contribution in [0.2, 0.25) is 0 Å². The third-order valence-corrected chi connectivity index (χ3v) is 9.88. The van der Waals surface area contributed by atoms with Gasteiger partial charge in [-0.15, -0.1) is 0 Å². The molecule has 1 aromatic heterocycles. The molecular weight excluding hydrogens is 628 g/mol. The Kier molecular flexibility index (Phi) is 11.0. The van der Waals surface area contributed by atoms with Crippen LogP contribution in [0.3, 0.4) is 0 Å². The molecule has 3 saturated carbocycles. The van der Waals surface area contributed by atoms with Crippen LogP contribution in [0.25, 0.3) is 0 Å². The largest absolute Gasteiger partial charge is 0.493 e. The molecule has 0 unspecified atom stereocenters. The molecule has 0 radical (unpaired) electrons. The first-order chi connectivity index (χ1) is 23.1. The Balaban J connectivity index is 0.000000177. The highest BCUT2D eigenvalue weighted by Gasteiger charge is 2.33. The van der Waals surface area contributed by atoms with Gasteiger partial charge in [0.25, 0.3) is 10.1 Å². The van der Waals surface area contributed by atoms with Crippen molar-refractivity contribution in [2.24, 2.45) is 5.92 Å². The van der Waals surface area contributed by atoms with Gasteiger partial charge in [0.05, 0.1) is 51.0 Å². The number of carbonyl (C=O) groups excluding carboxylic acids is 1. The second kappa shape index (κ2) is 15.4. The molecule has 4 fully saturated rings. The van der Waals surface area contributed by atoms with Gasteiger partial charge in [-0.05, 0) is 105 Å². The van der Waals surface area contributed by atoms with Crippen molar-refractivity contribution in [2.75, 3.05) is 30.9 Å². The van der Waals surface area contributed by atoms with Crippen LogP contribution >= 0.6 is 0 Å². The standard InChI is InChI=1S/C23H28N2O3.C15H20O4S/c1-16(11-17(2)26)23-10-9-21(12-24-23)28-22-13-25(14-22)19-5-7-20(8-6-19)27-15-18-3-4-18;1-20(16,17)19-15-8-13(9-15)12-4-2-11(3-5-12)10-18-14-6-7-14/h5-10,12,16,18,22H,3-4,11,13-15H2,1-2H3;2-5,13-15H,6-10H2,1H3/t16-;/m1./s1. The van der Waals surface area contributed by atoms with Gasteiger partial charge in [-0.2, -0.15) is 8.42 Å². The Morgan fingerprint density at radius 3 is 2.17 bits per heavy atom. The quantitative estimate of drug-likeness (QED) is 0.161. The normalized spacial score (nSPS) is 21.3. The number of ether oxygens (including phenoxy) is 3. The molecule has 9 nitrogen and oxygen atoms in total. The predicted octanol–water partition coefficient (Wildman–Crippen LogP) is 6.81. The highest BCUT2D eigenvalue weighted by atomic mass is 32.2. The van der Waals surface area contributed by atoms with Crippen molar-refractivity contribution in [1.29, 1.82) is 0 Å². The van der Waals surface area contributed by atoms with Gasteiger partial charge in [0, 0.05) is 23.7 Å². The number of pyridine rings is 1. The number of aromatic nitrogens is 1. The van der Waals surface area contributed by atoms with E-state index in [4.69, 9.17) is 18.4 Å². The van der Waals surface area contributed by atoms with Crippen LogP contribution in [0.4, 0.5) is 5.69 Å². The molecule has 2 aromatic carbocycles. The third-order valence-electron chi connectivity index (χ3n) is 9.26. The molecule has 1 atom stereocenters. The molecule has 10 heteroatoms. The molecule has 0 amide bonds. The van der Waals surface area contributed by atoms with E-state index in [-0.39, 0.29) is 23.9 Å². The molecule has 4 aliphatic rings. The van der Waals surface area contributed by atoms with Gasteiger partial charge in [0.15, 0.2) is 0 Å². The van der Waals surface area contributed by atoms with Crippen molar-refractivity contribution in [3.05, 3.63) is 83.7 Å². The highest BCUT2D eigenvalue weighted by Crippen LogP contribution is 2.39. The summed E-state index contributed by atoms with van der Waals surface area (Å²) in [5.74, 6) is 3.25. The Morgan fingerprint density at radius 1 is 0.896 bits per heavy atom. The first-order valence-electron chi connectivity index (χ1n) is 17.2. The van der Waals surface area contributed by atoms with Gasteiger partial charge in [-0.25, -0.2) is 0 Å². The van der Waals surface area contributed by atoms with Gasteiger partial charge in [0.1, 0.15) is 23.4 Å². The highest BCUT2D eigenvalue weighted by molar-refractivity contribution is 7.86. The zero-order valence-corrected chi connectivity index (χ0v) is 29.1. The molecule has 1 saturated heterocycles. The van der Waals surface area contributed by atoms with E-state index in [1.54, 1.807) is 13.1 Å². The maximum Gasteiger partial charge on any atom is 0.264 e. The summed E-state index contributed by atoms with van der Waals surface area (Å²) in [5, 5.41) is 0. The summed E-state index contributed by atoms with van der Waals surface area (Å²) in [6.45, 7) is 6.91. The minimum Gasteiger partial charge on any atom is -0.493 e. The van der Waals surface area contributed by atoms with Crippen LogP contribution < -0.4 is 14.4 Å². The van der Waals surface area contributed by atoms with Crippen LogP contribution in [0.15, 0.2) is 66.9 Å². The number of ketones is 1. The first-order valence-corrected chi connectivity index (χ1v) is 19.1.